The van der Waals surface area contributed by atoms with Gasteiger partial charge >= 0.3 is 5.97 Å². The Labute approximate surface area is 103 Å². The third kappa shape index (κ3) is 6.61. The molecule has 1 aliphatic heterocycles. The van der Waals surface area contributed by atoms with Gasteiger partial charge in [-0.2, -0.15) is 0 Å². The predicted molar refractivity (Wildman–Crippen MR) is 66.2 cm³/mol. The SMILES string of the molecule is CCCN(CCC(=O)O)CCN1CCOCC1. The van der Waals surface area contributed by atoms with E-state index in [0.29, 0.717) is 6.54 Å². The fourth-order valence-electron chi connectivity index (χ4n) is 2.01. The smallest absolute Gasteiger partial charge is 0.304 e. The molecule has 0 atom stereocenters. The van der Waals surface area contributed by atoms with Gasteiger partial charge in [0.05, 0.1) is 19.6 Å². The van der Waals surface area contributed by atoms with Gasteiger partial charge in [-0.05, 0) is 13.0 Å². The Bertz CT molecular complexity index is 218. The van der Waals surface area contributed by atoms with Crippen molar-refractivity contribution in [3.63, 3.8) is 0 Å². The topological polar surface area (TPSA) is 53.0 Å². The zero-order valence-electron chi connectivity index (χ0n) is 10.7. The Morgan fingerprint density at radius 3 is 2.59 bits per heavy atom. The molecular weight excluding hydrogens is 220 g/mol. The molecule has 0 bridgehead atoms. The Morgan fingerprint density at radius 1 is 1.29 bits per heavy atom. The van der Waals surface area contributed by atoms with E-state index in [4.69, 9.17) is 9.84 Å². The van der Waals surface area contributed by atoms with Crippen LogP contribution in [0.1, 0.15) is 19.8 Å². The molecule has 1 saturated heterocycles. The highest BCUT2D eigenvalue weighted by Gasteiger charge is 2.12. The van der Waals surface area contributed by atoms with Crippen LogP contribution >= 0.6 is 0 Å². The predicted octanol–water partition coefficient (Wildman–Crippen LogP) is 0.505. The lowest BCUT2D eigenvalue weighted by atomic mass is 10.3. The monoisotopic (exact) mass is 244 g/mol. The van der Waals surface area contributed by atoms with Crippen molar-refractivity contribution in [1.82, 2.24) is 9.80 Å². The van der Waals surface area contributed by atoms with Crippen LogP contribution in [0.15, 0.2) is 0 Å². The second kappa shape index (κ2) is 8.44. The van der Waals surface area contributed by atoms with Gasteiger partial charge in [0.1, 0.15) is 0 Å². The van der Waals surface area contributed by atoms with Gasteiger partial charge in [-0.15, -0.1) is 0 Å². The third-order valence-corrected chi connectivity index (χ3v) is 3.02. The van der Waals surface area contributed by atoms with E-state index < -0.39 is 5.97 Å². The second-order valence-electron chi connectivity index (χ2n) is 4.44. The van der Waals surface area contributed by atoms with Crippen LogP contribution < -0.4 is 0 Å². The number of carboxylic acids is 1. The van der Waals surface area contributed by atoms with Crippen LogP contribution in [0.4, 0.5) is 0 Å². The summed E-state index contributed by atoms with van der Waals surface area (Å²) in [6, 6.07) is 0. The lowest BCUT2D eigenvalue weighted by Crippen LogP contribution is -2.42. The summed E-state index contributed by atoms with van der Waals surface area (Å²) in [6.07, 6.45) is 1.31. The zero-order valence-corrected chi connectivity index (χ0v) is 10.7. The summed E-state index contributed by atoms with van der Waals surface area (Å²) < 4.78 is 5.30. The van der Waals surface area contributed by atoms with E-state index in [1.54, 1.807) is 0 Å². The van der Waals surface area contributed by atoms with Crippen molar-refractivity contribution in [2.75, 3.05) is 52.5 Å². The van der Waals surface area contributed by atoms with Crippen LogP contribution in [0.5, 0.6) is 0 Å². The summed E-state index contributed by atoms with van der Waals surface area (Å²) in [4.78, 5) is 15.2. The molecule has 100 valence electrons. The lowest BCUT2D eigenvalue weighted by molar-refractivity contribution is -0.137. The third-order valence-electron chi connectivity index (χ3n) is 3.02. The van der Waals surface area contributed by atoms with Crippen LogP contribution in [-0.4, -0.2) is 73.4 Å². The first-order chi connectivity index (χ1) is 8.22. The van der Waals surface area contributed by atoms with Gasteiger partial charge in [0.2, 0.25) is 0 Å². The minimum absolute atomic E-state index is 0.239. The van der Waals surface area contributed by atoms with Crippen molar-refractivity contribution in [2.24, 2.45) is 0 Å². The molecule has 0 aromatic heterocycles. The molecule has 1 fully saturated rings. The Kier molecular flexibility index (Phi) is 7.16. The molecule has 1 rings (SSSR count). The molecule has 1 N–H and O–H groups in total. The minimum Gasteiger partial charge on any atom is -0.481 e. The summed E-state index contributed by atoms with van der Waals surface area (Å²) in [5, 5.41) is 8.69. The molecule has 0 aromatic carbocycles. The van der Waals surface area contributed by atoms with E-state index >= 15 is 0 Å². The van der Waals surface area contributed by atoms with Crippen molar-refractivity contribution in [3.05, 3.63) is 0 Å². The van der Waals surface area contributed by atoms with E-state index in [2.05, 4.69) is 16.7 Å². The molecule has 17 heavy (non-hydrogen) atoms. The van der Waals surface area contributed by atoms with Gasteiger partial charge in [0.15, 0.2) is 0 Å². The van der Waals surface area contributed by atoms with Crippen molar-refractivity contribution in [3.8, 4) is 0 Å². The number of nitrogens with zero attached hydrogens (tertiary/aromatic N) is 2. The molecule has 1 heterocycles. The average Bonchev–Trinajstić information content (AvgIpc) is 2.34. The first-order valence-electron chi connectivity index (χ1n) is 6.46. The molecule has 0 unspecified atom stereocenters. The fraction of sp³-hybridized carbons (Fsp3) is 0.917. The number of carbonyl (C=O) groups is 1. The maximum absolute atomic E-state index is 10.6. The standard InChI is InChI=1S/C12H24N2O3/c1-2-4-13(5-3-12(15)16)6-7-14-8-10-17-11-9-14/h2-11H2,1H3,(H,15,16). The Balaban J connectivity index is 2.19. The summed E-state index contributed by atoms with van der Waals surface area (Å²) in [5.41, 5.74) is 0. The van der Waals surface area contributed by atoms with Crippen molar-refractivity contribution >= 4 is 5.97 Å². The van der Waals surface area contributed by atoms with E-state index in [9.17, 15) is 4.79 Å². The van der Waals surface area contributed by atoms with E-state index in [0.717, 1.165) is 52.4 Å². The van der Waals surface area contributed by atoms with Crippen LogP contribution in [0, 0.1) is 0 Å². The normalized spacial score (nSPS) is 17.5. The van der Waals surface area contributed by atoms with Crippen LogP contribution in [0.3, 0.4) is 0 Å². The number of rotatable bonds is 8. The lowest BCUT2D eigenvalue weighted by Gasteiger charge is -2.29. The Hall–Kier alpha value is -0.650. The van der Waals surface area contributed by atoms with E-state index in [-0.39, 0.29) is 6.42 Å². The Morgan fingerprint density at radius 2 is 2.00 bits per heavy atom. The molecule has 0 radical (unpaired) electrons. The molecule has 5 nitrogen and oxygen atoms in total. The summed E-state index contributed by atoms with van der Waals surface area (Å²) in [6.45, 7) is 9.39. The van der Waals surface area contributed by atoms with Gasteiger partial charge < -0.3 is 14.7 Å². The van der Waals surface area contributed by atoms with Crippen LogP contribution in [-0.2, 0) is 9.53 Å². The van der Waals surface area contributed by atoms with Crippen molar-refractivity contribution in [1.29, 1.82) is 0 Å². The highest BCUT2D eigenvalue weighted by Crippen LogP contribution is 1.99. The van der Waals surface area contributed by atoms with Gasteiger partial charge in [-0.25, -0.2) is 0 Å². The highest BCUT2D eigenvalue weighted by atomic mass is 16.5. The molecule has 1 aliphatic rings. The maximum Gasteiger partial charge on any atom is 0.304 e. The second-order valence-corrected chi connectivity index (χ2v) is 4.44. The van der Waals surface area contributed by atoms with Gasteiger partial charge in [-0.3, -0.25) is 9.69 Å². The van der Waals surface area contributed by atoms with Crippen LogP contribution in [0.2, 0.25) is 0 Å². The van der Waals surface area contributed by atoms with Crippen LogP contribution in [0.25, 0.3) is 0 Å². The maximum atomic E-state index is 10.6. The summed E-state index contributed by atoms with van der Waals surface area (Å²) in [5.74, 6) is -0.711. The highest BCUT2D eigenvalue weighted by molar-refractivity contribution is 5.66. The minimum atomic E-state index is -0.711. The van der Waals surface area contributed by atoms with E-state index in [1.165, 1.54) is 0 Å². The number of morpholine rings is 1. The molecule has 0 amide bonds. The quantitative estimate of drug-likeness (QED) is 0.674. The zero-order chi connectivity index (χ0) is 12.5. The number of hydrogen-bond acceptors (Lipinski definition) is 4. The number of aliphatic carboxylic acids is 1. The van der Waals surface area contributed by atoms with Crippen molar-refractivity contribution in [2.45, 2.75) is 19.8 Å². The molecule has 0 aromatic rings. The largest absolute Gasteiger partial charge is 0.481 e. The van der Waals surface area contributed by atoms with Gasteiger partial charge in [-0.1, -0.05) is 6.92 Å². The average molecular weight is 244 g/mol. The fourth-order valence-corrected chi connectivity index (χ4v) is 2.01. The molecule has 0 spiro atoms. The molecular formula is C12H24N2O3. The first-order valence-corrected chi connectivity index (χ1v) is 6.46. The van der Waals surface area contributed by atoms with Crippen molar-refractivity contribution < 1.29 is 14.6 Å². The summed E-state index contributed by atoms with van der Waals surface area (Å²) >= 11 is 0. The molecule has 5 heteroatoms. The number of hydrogen-bond donors (Lipinski definition) is 1. The number of carboxylic acid groups (broad SMARTS) is 1. The van der Waals surface area contributed by atoms with E-state index in [1.807, 2.05) is 0 Å². The summed E-state index contributed by atoms with van der Waals surface area (Å²) in [7, 11) is 0. The van der Waals surface area contributed by atoms with Gasteiger partial charge in [0, 0.05) is 32.7 Å². The molecule has 0 aliphatic carbocycles. The first kappa shape index (κ1) is 14.4. The molecule has 0 saturated carbocycles. The number of ether oxygens (including phenoxy) is 1. The van der Waals surface area contributed by atoms with Gasteiger partial charge in [0.25, 0.3) is 0 Å².